The zero-order valence-electron chi connectivity index (χ0n) is 19.0. The molecular weight excluding hydrogens is 348 g/mol. The molecule has 28 heavy (non-hydrogen) atoms. The van der Waals surface area contributed by atoms with Crippen LogP contribution in [0, 0.1) is 0 Å². The first kappa shape index (κ1) is 27.2. The summed E-state index contributed by atoms with van der Waals surface area (Å²) in [6, 6.07) is 0. The van der Waals surface area contributed by atoms with Crippen molar-refractivity contribution in [2.24, 2.45) is 0 Å². The van der Waals surface area contributed by atoms with Gasteiger partial charge in [0.1, 0.15) is 6.61 Å². The molecule has 0 aromatic carbocycles. The highest BCUT2D eigenvalue weighted by Crippen LogP contribution is 2.12. The zero-order valence-corrected chi connectivity index (χ0v) is 19.0. The summed E-state index contributed by atoms with van der Waals surface area (Å²) in [4.78, 5) is 11.4. The van der Waals surface area contributed by atoms with Crippen LogP contribution in [0.1, 0.15) is 122 Å². The molecule has 0 heterocycles. The Morgan fingerprint density at radius 2 is 1.11 bits per heavy atom. The van der Waals surface area contributed by atoms with E-state index in [2.05, 4.69) is 19.1 Å². The van der Waals surface area contributed by atoms with Gasteiger partial charge in [-0.15, -0.1) is 0 Å². The van der Waals surface area contributed by atoms with Crippen LogP contribution in [0.2, 0.25) is 0 Å². The zero-order chi connectivity index (χ0) is 20.5. The van der Waals surface area contributed by atoms with Gasteiger partial charge in [0.05, 0.1) is 6.61 Å². The molecule has 0 saturated heterocycles. The highest BCUT2D eigenvalue weighted by molar-refractivity contribution is 5.69. The van der Waals surface area contributed by atoms with Crippen molar-refractivity contribution in [2.45, 2.75) is 122 Å². The third-order valence-electron chi connectivity index (χ3n) is 5.19. The number of hydrogen-bond donors (Lipinski definition) is 0. The molecule has 0 amide bonds. The van der Waals surface area contributed by atoms with Crippen LogP contribution in [0.5, 0.6) is 0 Å². The minimum atomic E-state index is -0.0851. The van der Waals surface area contributed by atoms with E-state index in [4.69, 9.17) is 9.47 Å². The molecule has 0 N–H and O–H groups in total. The van der Waals surface area contributed by atoms with Crippen LogP contribution in [-0.4, -0.2) is 26.3 Å². The van der Waals surface area contributed by atoms with Gasteiger partial charge in [0, 0.05) is 13.5 Å². The van der Waals surface area contributed by atoms with E-state index in [1.807, 2.05) is 0 Å². The van der Waals surface area contributed by atoms with E-state index < -0.39 is 0 Å². The van der Waals surface area contributed by atoms with Crippen LogP contribution in [0.3, 0.4) is 0 Å². The predicted octanol–water partition coefficient (Wildman–Crippen LogP) is 7.77. The van der Waals surface area contributed by atoms with Crippen LogP contribution in [-0.2, 0) is 14.3 Å². The average Bonchev–Trinajstić information content (AvgIpc) is 2.70. The average molecular weight is 397 g/mol. The van der Waals surface area contributed by atoms with E-state index in [9.17, 15) is 4.79 Å². The highest BCUT2D eigenvalue weighted by atomic mass is 16.6. The second-order valence-corrected chi connectivity index (χ2v) is 7.96. The van der Waals surface area contributed by atoms with Crippen molar-refractivity contribution in [3.8, 4) is 0 Å². The number of rotatable bonds is 22. The number of methoxy groups -OCH3 is 1. The summed E-state index contributed by atoms with van der Waals surface area (Å²) >= 11 is 0. The van der Waals surface area contributed by atoms with E-state index in [0.29, 0.717) is 19.6 Å². The van der Waals surface area contributed by atoms with Crippen molar-refractivity contribution in [1.82, 2.24) is 0 Å². The quantitative estimate of drug-likeness (QED) is 0.106. The number of hydrogen-bond acceptors (Lipinski definition) is 3. The fraction of sp³-hybridized carbons (Fsp3) is 0.880. The fourth-order valence-corrected chi connectivity index (χ4v) is 3.36. The second kappa shape index (κ2) is 24.2. The predicted molar refractivity (Wildman–Crippen MR) is 121 cm³/mol. The Bertz CT molecular complexity index is 339. The minimum absolute atomic E-state index is 0.0851. The molecular formula is C25H48O3. The topological polar surface area (TPSA) is 35.5 Å². The number of esters is 1. The molecule has 166 valence electrons. The molecule has 0 fully saturated rings. The molecule has 0 aliphatic heterocycles. The van der Waals surface area contributed by atoms with E-state index >= 15 is 0 Å². The first-order chi connectivity index (χ1) is 13.8. The summed E-state index contributed by atoms with van der Waals surface area (Å²) in [5.74, 6) is -0.0851. The Labute approximate surface area is 175 Å². The van der Waals surface area contributed by atoms with Crippen molar-refractivity contribution in [3.63, 3.8) is 0 Å². The van der Waals surface area contributed by atoms with Crippen molar-refractivity contribution >= 4 is 5.97 Å². The van der Waals surface area contributed by atoms with Crippen LogP contribution in [0.25, 0.3) is 0 Å². The molecule has 0 spiro atoms. The molecule has 0 saturated carbocycles. The van der Waals surface area contributed by atoms with Crippen LogP contribution in [0.4, 0.5) is 0 Å². The van der Waals surface area contributed by atoms with Gasteiger partial charge in [0.15, 0.2) is 0 Å². The fourth-order valence-electron chi connectivity index (χ4n) is 3.36. The Kier molecular flexibility index (Phi) is 23.5. The van der Waals surface area contributed by atoms with Crippen molar-refractivity contribution < 1.29 is 14.3 Å². The lowest BCUT2D eigenvalue weighted by atomic mass is 10.1. The largest absolute Gasteiger partial charge is 0.463 e. The number of unbranched alkanes of at least 4 members (excludes halogenated alkanes) is 15. The Hall–Kier alpha value is -0.830. The van der Waals surface area contributed by atoms with Crippen molar-refractivity contribution in [3.05, 3.63) is 12.2 Å². The van der Waals surface area contributed by atoms with Gasteiger partial charge < -0.3 is 9.47 Å². The third kappa shape index (κ3) is 23.2. The van der Waals surface area contributed by atoms with Gasteiger partial charge in [-0.25, -0.2) is 0 Å². The lowest BCUT2D eigenvalue weighted by Gasteiger charge is -2.04. The van der Waals surface area contributed by atoms with Gasteiger partial charge in [-0.1, -0.05) is 96.1 Å². The van der Waals surface area contributed by atoms with Crippen LogP contribution < -0.4 is 0 Å². The van der Waals surface area contributed by atoms with Crippen LogP contribution >= 0.6 is 0 Å². The standard InChI is InChI=1S/C25H48O3/c1-3-4-5-6-7-8-9-10-11-12-13-14-15-16-17-18-19-20-21-22-25(26)28-24-23-27-2/h10-11H,3-9,12-24H2,1-2H3/b11-10-. The number of ether oxygens (including phenoxy) is 2. The molecule has 0 radical (unpaired) electrons. The molecule has 0 unspecified atom stereocenters. The molecule has 3 nitrogen and oxygen atoms in total. The second-order valence-electron chi connectivity index (χ2n) is 7.96. The summed E-state index contributed by atoms with van der Waals surface area (Å²) in [7, 11) is 1.61. The molecule has 0 bridgehead atoms. The normalized spacial score (nSPS) is 11.4. The van der Waals surface area contributed by atoms with Crippen LogP contribution in [0.15, 0.2) is 12.2 Å². The van der Waals surface area contributed by atoms with Gasteiger partial charge in [-0.2, -0.15) is 0 Å². The van der Waals surface area contributed by atoms with E-state index in [0.717, 1.165) is 12.8 Å². The molecule has 0 atom stereocenters. The summed E-state index contributed by atoms with van der Waals surface area (Å²) in [5.41, 5.74) is 0. The Morgan fingerprint density at radius 3 is 1.61 bits per heavy atom. The lowest BCUT2D eigenvalue weighted by Crippen LogP contribution is -2.09. The monoisotopic (exact) mass is 396 g/mol. The Balaban J connectivity index is 3.13. The summed E-state index contributed by atoms with van der Waals surface area (Å²) < 4.78 is 9.91. The number of carbonyl (C=O) groups is 1. The molecule has 0 aliphatic carbocycles. The lowest BCUT2D eigenvalue weighted by molar-refractivity contribution is -0.145. The van der Waals surface area contributed by atoms with E-state index in [1.54, 1.807) is 7.11 Å². The van der Waals surface area contributed by atoms with Gasteiger partial charge in [0.25, 0.3) is 0 Å². The van der Waals surface area contributed by atoms with Gasteiger partial charge in [0.2, 0.25) is 0 Å². The molecule has 0 rings (SSSR count). The number of carbonyl (C=O) groups excluding carboxylic acids is 1. The maximum Gasteiger partial charge on any atom is 0.305 e. The molecule has 3 heteroatoms. The maximum absolute atomic E-state index is 11.4. The van der Waals surface area contributed by atoms with E-state index in [-0.39, 0.29) is 5.97 Å². The smallest absolute Gasteiger partial charge is 0.305 e. The Morgan fingerprint density at radius 1 is 0.643 bits per heavy atom. The molecule has 0 aromatic heterocycles. The molecule has 0 aliphatic rings. The van der Waals surface area contributed by atoms with E-state index in [1.165, 1.54) is 96.3 Å². The third-order valence-corrected chi connectivity index (χ3v) is 5.19. The highest BCUT2D eigenvalue weighted by Gasteiger charge is 2.01. The summed E-state index contributed by atoms with van der Waals surface area (Å²) in [6.45, 7) is 3.14. The summed E-state index contributed by atoms with van der Waals surface area (Å²) in [6.07, 6.45) is 27.7. The first-order valence-electron chi connectivity index (χ1n) is 12.1. The van der Waals surface area contributed by atoms with Gasteiger partial charge in [-0.05, 0) is 32.1 Å². The van der Waals surface area contributed by atoms with Gasteiger partial charge in [-0.3, -0.25) is 4.79 Å². The number of allylic oxidation sites excluding steroid dienone is 2. The SMILES string of the molecule is CCCCCCCC/C=C\CCCCCCCCCCCC(=O)OCCOC. The van der Waals surface area contributed by atoms with Crippen molar-refractivity contribution in [2.75, 3.05) is 20.3 Å². The maximum atomic E-state index is 11.4. The minimum Gasteiger partial charge on any atom is -0.463 e. The summed E-state index contributed by atoms with van der Waals surface area (Å²) in [5, 5.41) is 0. The van der Waals surface area contributed by atoms with Crippen molar-refractivity contribution in [1.29, 1.82) is 0 Å². The van der Waals surface area contributed by atoms with Gasteiger partial charge >= 0.3 is 5.97 Å². The molecule has 0 aromatic rings. The first-order valence-corrected chi connectivity index (χ1v) is 12.1.